The van der Waals surface area contributed by atoms with E-state index in [0.717, 1.165) is 4.90 Å². The molecular formula is C14H19NO3S. The molecule has 0 saturated heterocycles. The maximum atomic E-state index is 11.8. The molecule has 4 nitrogen and oxygen atoms in total. The number of carboxylic acids is 1. The highest BCUT2D eigenvalue weighted by molar-refractivity contribution is 8.00. The third kappa shape index (κ3) is 6.29. The zero-order chi connectivity index (χ0) is 14.3. The lowest BCUT2D eigenvalue weighted by atomic mass is 10.0. The minimum atomic E-state index is -0.894. The molecule has 0 heterocycles. The maximum Gasteiger partial charge on any atom is 0.305 e. The molecule has 0 aliphatic rings. The molecule has 1 atom stereocenters. The van der Waals surface area contributed by atoms with Crippen molar-refractivity contribution in [3.8, 4) is 0 Å². The first-order valence-electron chi connectivity index (χ1n) is 6.18. The molecule has 104 valence electrons. The molecule has 1 rings (SSSR count). The van der Waals surface area contributed by atoms with Crippen molar-refractivity contribution in [3.05, 3.63) is 30.3 Å². The van der Waals surface area contributed by atoms with E-state index in [9.17, 15) is 9.59 Å². The van der Waals surface area contributed by atoms with Gasteiger partial charge < -0.3 is 10.4 Å². The Morgan fingerprint density at radius 1 is 1.26 bits per heavy atom. The molecule has 0 aliphatic carbocycles. The number of nitrogens with one attached hydrogen (secondary N) is 1. The van der Waals surface area contributed by atoms with Gasteiger partial charge in [-0.05, 0) is 18.1 Å². The number of benzene rings is 1. The highest BCUT2D eigenvalue weighted by Gasteiger charge is 2.19. The number of carboxylic acid groups (broad SMARTS) is 1. The Bertz CT molecular complexity index is 420. The lowest BCUT2D eigenvalue weighted by molar-refractivity contribution is -0.138. The summed E-state index contributed by atoms with van der Waals surface area (Å²) in [6, 6.07) is 9.32. The smallest absolute Gasteiger partial charge is 0.305 e. The van der Waals surface area contributed by atoms with Crippen LogP contribution in [0.3, 0.4) is 0 Å². The molecule has 1 aromatic rings. The number of aliphatic carboxylic acids is 1. The molecule has 0 aliphatic heterocycles. The largest absolute Gasteiger partial charge is 0.481 e. The molecule has 2 N–H and O–H groups in total. The van der Waals surface area contributed by atoms with Crippen molar-refractivity contribution in [3.63, 3.8) is 0 Å². The summed E-state index contributed by atoms with van der Waals surface area (Å²) in [5.41, 5.74) is 0. The van der Waals surface area contributed by atoms with E-state index in [1.807, 2.05) is 44.2 Å². The third-order valence-electron chi connectivity index (χ3n) is 2.66. The van der Waals surface area contributed by atoms with Gasteiger partial charge in [0.2, 0.25) is 5.91 Å². The Hall–Kier alpha value is -1.49. The van der Waals surface area contributed by atoms with E-state index < -0.39 is 5.97 Å². The fraction of sp³-hybridized carbons (Fsp3) is 0.429. The van der Waals surface area contributed by atoms with Crippen LogP contribution in [0.5, 0.6) is 0 Å². The summed E-state index contributed by atoms with van der Waals surface area (Å²) in [5, 5.41) is 11.6. The van der Waals surface area contributed by atoms with Crippen molar-refractivity contribution in [1.82, 2.24) is 5.32 Å². The minimum absolute atomic E-state index is 0.0423. The van der Waals surface area contributed by atoms with Crippen LogP contribution in [0.25, 0.3) is 0 Å². The average Bonchev–Trinajstić information content (AvgIpc) is 2.36. The molecule has 0 fully saturated rings. The van der Waals surface area contributed by atoms with Crippen LogP contribution in [0.4, 0.5) is 0 Å². The summed E-state index contributed by atoms with van der Waals surface area (Å²) in [7, 11) is 0. The number of hydrogen-bond acceptors (Lipinski definition) is 3. The van der Waals surface area contributed by atoms with Gasteiger partial charge in [0.05, 0.1) is 12.2 Å². The second-order valence-corrected chi connectivity index (χ2v) is 5.67. The summed E-state index contributed by atoms with van der Waals surface area (Å²) in [6.07, 6.45) is -0.0423. The van der Waals surface area contributed by atoms with Gasteiger partial charge in [-0.1, -0.05) is 32.0 Å². The molecular weight excluding hydrogens is 262 g/mol. The fourth-order valence-electron chi connectivity index (χ4n) is 1.56. The molecule has 5 heteroatoms. The first-order chi connectivity index (χ1) is 8.99. The van der Waals surface area contributed by atoms with E-state index in [-0.39, 0.29) is 24.3 Å². The Labute approximate surface area is 117 Å². The Morgan fingerprint density at radius 2 is 1.89 bits per heavy atom. The molecule has 1 amide bonds. The van der Waals surface area contributed by atoms with Crippen LogP contribution in [-0.2, 0) is 9.59 Å². The van der Waals surface area contributed by atoms with Gasteiger partial charge in [-0.2, -0.15) is 0 Å². The maximum absolute atomic E-state index is 11.8. The molecule has 0 bridgehead atoms. The van der Waals surface area contributed by atoms with Crippen molar-refractivity contribution in [2.24, 2.45) is 5.92 Å². The monoisotopic (exact) mass is 281 g/mol. The van der Waals surface area contributed by atoms with Crippen LogP contribution in [0.2, 0.25) is 0 Å². The molecule has 0 aromatic heterocycles. The van der Waals surface area contributed by atoms with Crippen molar-refractivity contribution < 1.29 is 14.7 Å². The minimum Gasteiger partial charge on any atom is -0.481 e. The molecule has 1 unspecified atom stereocenters. The molecule has 0 spiro atoms. The highest BCUT2D eigenvalue weighted by atomic mass is 32.2. The van der Waals surface area contributed by atoms with Crippen molar-refractivity contribution >= 4 is 23.6 Å². The van der Waals surface area contributed by atoms with Gasteiger partial charge >= 0.3 is 5.97 Å². The quantitative estimate of drug-likeness (QED) is 0.753. The van der Waals surface area contributed by atoms with E-state index >= 15 is 0 Å². The van der Waals surface area contributed by atoms with Crippen molar-refractivity contribution in [2.45, 2.75) is 31.2 Å². The van der Waals surface area contributed by atoms with Gasteiger partial charge in [-0.3, -0.25) is 9.59 Å². The summed E-state index contributed by atoms with van der Waals surface area (Å²) in [4.78, 5) is 23.5. The number of thioether (sulfide) groups is 1. The van der Waals surface area contributed by atoms with Gasteiger partial charge in [0.1, 0.15) is 0 Å². The van der Waals surface area contributed by atoms with E-state index in [2.05, 4.69) is 5.32 Å². The Balaban J connectivity index is 2.42. The fourth-order valence-corrected chi connectivity index (χ4v) is 2.29. The summed E-state index contributed by atoms with van der Waals surface area (Å²) >= 11 is 1.44. The van der Waals surface area contributed by atoms with Gasteiger partial charge in [0.25, 0.3) is 0 Å². The van der Waals surface area contributed by atoms with Crippen molar-refractivity contribution in [2.75, 3.05) is 5.75 Å². The Kier molecular flexibility index (Phi) is 6.42. The van der Waals surface area contributed by atoms with Crippen LogP contribution in [-0.4, -0.2) is 28.8 Å². The third-order valence-corrected chi connectivity index (χ3v) is 3.67. The zero-order valence-electron chi connectivity index (χ0n) is 11.1. The highest BCUT2D eigenvalue weighted by Crippen LogP contribution is 2.16. The molecule has 1 aromatic carbocycles. The molecule has 19 heavy (non-hydrogen) atoms. The predicted molar refractivity (Wildman–Crippen MR) is 76.2 cm³/mol. The normalized spacial score (nSPS) is 12.2. The lowest BCUT2D eigenvalue weighted by Gasteiger charge is -2.20. The molecule has 0 saturated carbocycles. The van der Waals surface area contributed by atoms with Crippen molar-refractivity contribution in [1.29, 1.82) is 0 Å². The van der Waals surface area contributed by atoms with Gasteiger partial charge in [0.15, 0.2) is 0 Å². The van der Waals surface area contributed by atoms with Crippen LogP contribution in [0, 0.1) is 5.92 Å². The SMILES string of the molecule is CC(C)C(CC(=O)O)NC(=O)CSc1ccccc1. The first kappa shape index (κ1) is 15.6. The van der Waals surface area contributed by atoms with Crippen LogP contribution in [0.1, 0.15) is 20.3 Å². The van der Waals surface area contributed by atoms with Crippen LogP contribution >= 0.6 is 11.8 Å². The number of carbonyl (C=O) groups excluding carboxylic acids is 1. The van der Waals surface area contributed by atoms with E-state index in [4.69, 9.17) is 5.11 Å². The average molecular weight is 281 g/mol. The summed E-state index contributed by atoms with van der Waals surface area (Å²) in [6.45, 7) is 3.80. The van der Waals surface area contributed by atoms with E-state index in [1.165, 1.54) is 11.8 Å². The standard InChI is InChI=1S/C14H19NO3S/c1-10(2)12(8-14(17)18)15-13(16)9-19-11-6-4-3-5-7-11/h3-7,10,12H,8-9H2,1-2H3,(H,15,16)(H,17,18). The second-order valence-electron chi connectivity index (χ2n) is 4.62. The lowest BCUT2D eigenvalue weighted by Crippen LogP contribution is -2.40. The number of hydrogen-bond donors (Lipinski definition) is 2. The van der Waals surface area contributed by atoms with Crippen LogP contribution in [0.15, 0.2) is 35.2 Å². The number of amides is 1. The molecule has 0 radical (unpaired) electrons. The second kappa shape index (κ2) is 7.84. The van der Waals surface area contributed by atoms with Crippen LogP contribution < -0.4 is 5.32 Å². The summed E-state index contributed by atoms with van der Waals surface area (Å²) < 4.78 is 0. The first-order valence-corrected chi connectivity index (χ1v) is 7.16. The van der Waals surface area contributed by atoms with E-state index in [1.54, 1.807) is 0 Å². The summed E-state index contributed by atoms with van der Waals surface area (Å²) in [5.74, 6) is -0.627. The number of rotatable bonds is 7. The van der Waals surface area contributed by atoms with Gasteiger partial charge in [0, 0.05) is 10.9 Å². The Morgan fingerprint density at radius 3 is 2.42 bits per heavy atom. The van der Waals surface area contributed by atoms with Gasteiger partial charge in [-0.25, -0.2) is 0 Å². The zero-order valence-corrected chi connectivity index (χ0v) is 11.9. The predicted octanol–water partition coefficient (Wildman–Crippen LogP) is 2.39. The van der Waals surface area contributed by atoms with E-state index in [0.29, 0.717) is 5.75 Å². The van der Waals surface area contributed by atoms with Gasteiger partial charge in [-0.15, -0.1) is 11.8 Å². The number of carbonyl (C=O) groups is 2. The topological polar surface area (TPSA) is 66.4 Å².